The molecule has 1 fully saturated rings. The van der Waals surface area contributed by atoms with Crippen molar-refractivity contribution in [3.05, 3.63) is 53.8 Å². The smallest absolute Gasteiger partial charge is 0.116 e. The number of methoxy groups -OCH3 is 1. The molecule has 1 aromatic carbocycles. The first-order valence-electron chi connectivity index (χ1n) is 9.03. The van der Waals surface area contributed by atoms with E-state index in [1.807, 2.05) is 31.3 Å². The zero-order chi connectivity index (χ0) is 17.9. The molecule has 1 aromatic rings. The molecule has 0 N–H and O–H groups in total. The molecule has 1 aliphatic carbocycles. The Hall–Kier alpha value is -1.83. The van der Waals surface area contributed by atoms with Crippen LogP contribution in [-0.4, -0.2) is 13.3 Å². The standard InChI is InChI=1S/C17H23NO.C5H10/c1-6-13(2)12-18-17(14(3)15(4)19-5)16-10-8-7-9-11-16;1-5-3-2-4-5/h7-13H,4,6H2,1-3,5H3;5H,2-4H2,1H3/b17-14-,18-12?;/t13-;/m1./s1. The number of ether oxygens (including phenoxy) is 1. The Bertz CT molecular complexity index is 553. The topological polar surface area (TPSA) is 21.6 Å². The molecule has 0 saturated heterocycles. The maximum absolute atomic E-state index is 5.22. The van der Waals surface area contributed by atoms with Gasteiger partial charge in [-0.05, 0) is 25.2 Å². The molecular formula is C22H33NO. The number of benzene rings is 1. The molecule has 0 aliphatic heterocycles. The highest BCUT2D eigenvalue weighted by atomic mass is 16.5. The molecule has 2 heteroatoms. The Morgan fingerprint density at radius 2 is 1.92 bits per heavy atom. The lowest BCUT2D eigenvalue weighted by Crippen LogP contribution is -2.04. The number of hydrogen-bond acceptors (Lipinski definition) is 2. The third kappa shape index (κ3) is 6.74. The number of rotatable bonds is 6. The molecule has 1 aliphatic rings. The van der Waals surface area contributed by atoms with Gasteiger partial charge in [0.15, 0.2) is 0 Å². The minimum Gasteiger partial charge on any atom is -0.497 e. The van der Waals surface area contributed by atoms with Crippen LogP contribution in [0.1, 0.15) is 58.9 Å². The summed E-state index contributed by atoms with van der Waals surface area (Å²) in [6.45, 7) is 12.5. The van der Waals surface area contributed by atoms with E-state index in [-0.39, 0.29) is 0 Å². The molecular weight excluding hydrogens is 294 g/mol. The SMILES string of the molecule is C=C(OC)/C(C)=C(\N=C[C@H](C)CC)c1ccccc1.CC1CCC1. The van der Waals surface area contributed by atoms with Gasteiger partial charge in [0.05, 0.1) is 12.8 Å². The van der Waals surface area contributed by atoms with Crippen molar-refractivity contribution in [3.63, 3.8) is 0 Å². The van der Waals surface area contributed by atoms with Crippen LogP contribution in [0.4, 0.5) is 0 Å². The van der Waals surface area contributed by atoms with Crippen molar-refractivity contribution >= 4 is 11.9 Å². The van der Waals surface area contributed by atoms with Gasteiger partial charge in [-0.15, -0.1) is 0 Å². The molecule has 0 amide bonds. The van der Waals surface area contributed by atoms with Crippen molar-refractivity contribution < 1.29 is 4.74 Å². The summed E-state index contributed by atoms with van der Waals surface area (Å²) in [5.41, 5.74) is 2.97. The lowest BCUT2D eigenvalue weighted by molar-refractivity contribution is 0.303. The van der Waals surface area contributed by atoms with Gasteiger partial charge in [0.25, 0.3) is 0 Å². The van der Waals surface area contributed by atoms with Gasteiger partial charge in [-0.1, -0.05) is 76.9 Å². The molecule has 0 radical (unpaired) electrons. The summed E-state index contributed by atoms with van der Waals surface area (Å²) in [6, 6.07) is 10.1. The van der Waals surface area contributed by atoms with Crippen molar-refractivity contribution in [1.29, 1.82) is 0 Å². The van der Waals surface area contributed by atoms with Crippen LogP contribution in [-0.2, 0) is 4.74 Å². The quantitative estimate of drug-likeness (QED) is 0.332. The van der Waals surface area contributed by atoms with E-state index in [1.165, 1.54) is 19.3 Å². The van der Waals surface area contributed by atoms with Gasteiger partial charge in [-0.25, -0.2) is 0 Å². The van der Waals surface area contributed by atoms with E-state index >= 15 is 0 Å². The predicted molar refractivity (Wildman–Crippen MR) is 106 cm³/mol. The second kappa shape index (κ2) is 10.9. The first-order valence-corrected chi connectivity index (χ1v) is 9.03. The molecule has 132 valence electrons. The molecule has 1 saturated carbocycles. The van der Waals surface area contributed by atoms with Crippen molar-refractivity contribution in [1.82, 2.24) is 0 Å². The van der Waals surface area contributed by atoms with Crippen LogP contribution in [0.25, 0.3) is 5.70 Å². The van der Waals surface area contributed by atoms with Crippen LogP contribution < -0.4 is 0 Å². The van der Waals surface area contributed by atoms with Gasteiger partial charge >= 0.3 is 0 Å². The zero-order valence-electron chi connectivity index (χ0n) is 16.0. The van der Waals surface area contributed by atoms with Gasteiger partial charge in [0.2, 0.25) is 0 Å². The maximum atomic E-state index is 5.22. The van der Waals surface area contributed by atoms with Crippen molar-refractivity contribution in [2.24, 2.45) is 16.8 Å². The molecule has 2 rings (SSSR count). The maximum Gasteiger partial charge on any atom is 0.116 e. The predicted octanol–water partition coefficient (Wildman–Crippen LogP) is 6.50. The Labute approximate surface area is 148 Å². The van der Waals surface area contributed by atoms with E-state index in [0.29, 0.717) is 11.7 Å². The first-order chi connectivity index (χ1) is 11.5. The van der Waals surface area contributed by atoms with Crippen LogP contribution in [0, 0.1) is 11.8 Å². The van der Waals surface area contributed by atoms with Crippen LogP contribution >= 0.6 is 0 Å². The van der Waals surface area contributed by atoms with E-state index in [4.69, 9.17) is 4.74 Å². The summed E-state index contributed by atoms with van der Waals surface area (Å²) in [4.78, 5) is 4.65. The lowest BCUT2D eigenvalue weighted by Gasteiger charge is -2.18. The fourth-order valence-corrected chi connectivity index (χ4v) is 2.19. The van der Waals surface area contributed by atoms with Crippen LogP contribution in [0.3, 0.4) is 0 Å². The van der Waals surface area contributed by atoms with Gasteiger partial charge in [-0.3, -0.25) is 4.99 Å². The van der Waals surface area contributed by atoms with Gasteiger partial charge in [-0.2, -0.15) is 0 Å². The molecule has 1 atom stereocenters. The van der Waals surface area contributed by atoms with Crippen molar-refractivity contribution in [2.75, 3.05) is 7.11 Å². The first kappa shape index (κ1) is 20.2. The van der Waals surface area contributed by atoms with Crippen LogP contribution in [0.15, 0.2) is 53.2 Å². The Kier molecular flexibility index (Phi) is 9.14. The van der Waals surface area contributed by atoms with E-state index < -0.39 is 0 Å². The molecule has 2 nitrogen and oxygen atoms in total. The summed E-state index contributed by atoms with van der Waals surface area (Å²) >= 11 is 0. The van der Waals surface area contributed by atoms with E-state index in [2.05, 4.69) is 44.5 Å². The second-order valence-electron chi connectivity index (χ2n) is 6.67. The van der Waals surface area contributed by atoms with Crippen molar-refractivity contribution in [3.8, 4) is 0 Å². The Morgan fingerprint density at radius 1 is 1.33 bits per heavy atom. The van der Waals surface area contributed by atoms with Gasteiger partial charge in [0.1, 0.15) is 5.76 Å². The third-order valence-electron chi connectivity index (χ3n) is 4.56. The fourth-order valence-electron chi connectivity index (χ4n) is 2.19. The van der Waals surface area contributed by atoms with E-state index in [1.54, 1.807) is 7.11 Å². The number of aliphatic imine (C=N–C) groups is 1. The zero-order valence-corrected chi connectivity index (χ0v) is 16.0. The monoisotopic (exact) mass is 327 g/mol. The molecule has 0 spiro atoms. The van der Waals surface area contributed by atoms with Gasteiger partial charge < -0.3 is 4.74 Å². The van der Waals surface area contributed by atoms with Crippen LogP contribution in [0.5, 0.6) is 0 Å². The lowest BCUT2D eigenvalue weighted by atomic mass is 9.88. The summed E-state index contributed by atoms with van der Waals surface area (Å²) in [5.74, 6) is 2.18. The molecule has 0 aromatic heterocycles. The highest BCUT2D eigenvalue weighted by Crippen LogP contribution is 2.25. The van der Waals surface area contributed by atoms with Gasteiger partial charge in [0, 0.05) is 17.4 Å². The second-order valence-corrected chi connectivity index (χ2v) is 6.67. The minimum atomic E-state index is 0.460. The van der Waals surface area contributed by atoms with Crippen molar-refractivity contribution in [2.45, 2.75) is 53.4 Å². The van der Waals surface area contributed by atoms with E-state index in [9.17, 15) is 0 Å². The summed E-state index contributed by atoms with van der Waals surface area (Å²) in [6.07, 6.45) is 7.53. The average molecular weight is 328 g/mol. The third-order valence-corrected chi connectivity index (χ3v) is 4.56. The van der Waals surface area contributed by atoms with Crippen LogP contribution in [0.2, 0.25) is 0 Å². The average Bonchev–Trinajstić information content (AvgIpc) is 2.60. The molecule has 0 unspecified atom stereocenters. The molecule has 0 heterocycles. The normalized spacial score (nSPS) is 16.5. The number of allylic oxidation sites excluding steroid dienone is 1. The highest BCUT2D eigenvalue weighted by molar-refractivity contribution is 5.78. The Morgan fingerprint density at radius 3 is 2.33 bits per heavy atom. The minimum absolute atomic E-state index is 0.460. The number of hydrogen-bond donors (Lipinski definition) is 0. The van der Waals surface area contributed by atoms with E-state index in [0.717, 1.165) is 29.2 Å². The molecule has 0 bridgehead atoms. The largest absolute Gasteiger partial charge is 0.497 e. The highest BCUT2D eigenvalue weighted by Gasteiger charge is 2.09. The Balaban J connectivity index is 0.000000488. The molecule has 24 heavy (non-hydrogen) atoms. The fraction of sp³-hybridized carbons (Fsp3) is 0.500. The summed E-state index contributed by atoms with van der Waals surface area (Å²) < 4.78 is 5.22. The summed E-state index contributed by atoms with van der Waals surface area (Å²) in [7, 11) is 1.63. The number of nitrogens with zero attached hydrogens (tertiary/aromatic N) is 1. The summed E-state index contributed by atoms with van der Waals surface area (Å²) in [5, 5.41) is 0.